The molecular weight excluding hydrogens is 375 g/mol. The Bertz CT molecular complexity index is 1020. The fraction of sp³-hybridized carbons (Fsp3) is 0.200. The fourth-order valence-electron chi connectivity index (χ4n) is 2.72. The van der Waals surface area contributed by atoms with Gasteiger partial charge in [-0.25, -0.2) is 4.79 Å². The second kappa shape index (κ2) is 7.94. The minimum atomic E-state index is -0.401. The topological polar surface area (TPSA) is 56.5 Å². The van der Waals surface area contributed by atoms with E-state index in [-0.39, 0.29) is 17.4 Å². The van der Waals surface area contributed by atoms with Crippen LogP contribution in [0.1, 0.15) is 29.3 Å². The number of rotatable bonds is 6. The monoisotopic (exact) mass is 390 g/mol. The first kappa shape index (κ1) is 18.5. The molecule has 0 aliphatic carbocycles. The molecule has 26 heavy (non-hydrogen) atoms. The van der Waals surface area contributed by atoms with Gasteiger partial charge in [0.25, 0.3) is 0 Å². The first-order valence-corrected chi connectivity index (χ1v) is 8.91. The highest BCUT2D eigenvalue weighted by atomic mass is 35.5. The normalized spacial score (nSPS) is 10.9. The van der Waals surface area contributed by atoms with Gasteiger partial charge in [0.05, 0.1) is 5.02 Å². The Morgan fingerprint density at radius 3 is 2.65 bits per heavy atom. The molecule has 3 aromatic rings. The standard InChI is InChI=1S/C20H16Cl2O4/c1-2-3-12-8-20(24)26-19-10-14(5-7-15(12)19)25-11-18(23)16-6-4-13(21)9-17(16)22/h4-10H,2-3,11H2,1H3. The molecule has 0 atom stereocenters. The Kier molecular flexibility index (Phi) is 5.64. The summed E-state index contributed by atoms with van der Waals surface area (Å²) in [6.07, 6.45) is 1.71. The molecule has 4 nitrogen and oxygen atoms in total. The SMILES string of the molecule is CCCc1cc(=O)oc2cc(OCC(=O)c3ccc(Cl)cc3Cl)ccc12. The predicted molar refractivity (Wildman–Crippen MR) is 103 cm³/mol. The van der Waals surface area contributed by atoms with Crippen LogP contribution in [0.2, 0.25) is 10.0 Å². The van der Waals surface area contributed by atoms with E-state index < -0.39 is 5.63 Å². The van der Waals surface area contributed by atoms with Gasteiger partial charge < -0.3 is 9.15 Å². The van der Waals surface area contributed by atoms with Crippen molar-refractivity contribution in [3.8, 4) is 5.75 Å². The molecule has 0 N–H and O–H groups in total. The van der Waals surface area contributed by atoms with Crippen molar-refractivity contribution in [2.45, 2.75) is 19.8 Å². The van der Waals surface area contributed by atoms with E-state index in [1.807, 2.05) is 13.0 Å². The van der Waals surface area contributed by atoms with Crippen LogP contribution in [0.5, 0.6) is 5.75 Å². The van der Waals surface area contributed by atoms with Crippen LogP contribution in [-0.2, 0) is 6.42 Å². The number of ketones is 1. The van der Waals surface area contributed by atoms with Crippen molar-refractivity contribution in [2.24, 2.45) is 0 Å². The zero-order valence-corrected chi connectivity index (χ0v) is 15.6. The summed E-state index contributed by atoms with van der Waals surface area (Å²) in [7, 11) is 0. The highest BCUT2D eigenvalue weighted by Gasteiger charge is 2.13. The summed E-state index contributed by atoms with van der Waals surface area (Å²) in [6.45, 7) is 1.86. The van der Waals surface area contributed by atoms with Crippen molar-refractivity contribution in [1.82, 2.24) is 0 Å². The third-order valence-corrected chi connectivity index (χ3v) is 4.47. The summed E-state index contributed by atoms with van der Waals surface area (Å²) in [5.41, 5.74) is 1.32. The van der Waals surface area contributed by atoms with Crippen LogP contribution in [0.3, 0.4) is 0 Å². The molecule has 134 valence electrons. The summed E-state index contributed by atoms with van der Waals surface area (Å²) in [5, 5.41) is 1.60. The first-order valence-electron chi connectivity index (χ1n) is 8.15. The number of hydrogen-bond donors (Lipinski definition) is 0. The second-order valence-corrected chi connectivity index (χ2v) is 6.68. The number of Topliss-reactive ketones (excluding diaryl/α,β-unsaturated/α-hetero) is 1. The Balaban J connectivity index is 1.81. The third-order valence-electron chi connectivity index (χ3n) is 3.92. The maximum Gasteiger partial charge on any atom is 0.336 e. The maximum absolute atomic E-state index is 12.3. The minimum absolute atomic E-state index is 0.189. The molecule has 0 amide bonds. The van der Waals surface area contributed by atoms with Crippen LogP contribution in [0.4, 0.5) is 0 Å². The molecule has 6 heteroatoms. The molecule has 0 radical (unpaired) electrons. The molecule has 3 rings (SSSR count). The van der Waals surface area contributed by atoms with Gasteiger partial charge in [0.15, 0.2) is 6.61 Å². The molecule has 1 heterocycles. The molecule has 0 unspecified atom stereocenters. The van der Waals surface area contributed by atoms with Crippen LogP contribution in [0.25, 0.3) is 11.0 Å². The summed E-state index contributed by atoms with van der Waals surface area (Å²) >= 11 is 11.9. The smallest absolute Gasteiger partial charge is 0.336 e. The number of benzene rings is 2. The number of fused-ring (bicyclic) bond motifs is 1. The van der Waals surface area contributed by atoms with Crippen molar-refractivity contribution < 1.29 is 13.9 Å². The van der Waals surface area contributed by atoms with Gasteiger partial charge >= 0.3 is 5.63 Å². The molecular formula is C20H16Cl2O4. The van der Waals surface area contributed by atoms with Gasteiger partial charge in [-0.3, -0.25) is 4.79 Å². The van der Waals surface area contributed by atoms with E-state index >= 15 is 0 Å². The van der Waals surface area contributed by atoms with Crippen LogP contribution in [-0.4, -0.2) is 12.4 Å². The second-order valence-electron chi connectivity index (χ2n) is 5.83. The number of hydrogen-bond acceptors (Lipinski definition) is 4. The number of halogens is 2. The van der Waals surface area contributed by atoms with E-state index in [1.54, 1.807) is 24.3 Å². The van der Waals surface area contributed by atoms with Crippen LogP contribution in [0, 0.1) is 0 Å². The van der Waals surface area contributed by atoms with Crippen molar-refractivity contribution >= 4 is 40.0 Å². The number of ether oxygens (including phenoxy) is 1. The Hall–Kier alpha value is -2.30. The lowest BCUT2D eigenvalue weighted by Crippen LogP contribution is -2.12. The summed E-state index contributed by atoms with van der Waals surface area (Å²) in [5.74, 6) is 0.167. The summed E-state index contributed by atoms with van der Waals surface area (Å²) in [4.78, 5) is 24.0. The fourth-order valence-corrected chi connectivity index (χ4v) is 3.23. The van der Waals surface area contributed by atoms with Crippen LogP contribution < -0.4 is 10.4 Å². The minimum Gasteiger partial charge on any atom is -0.485 e. The van der Waals surface area contributed by atoms with Gasteiger partial charge in [-0.05, 0) is 42.3 Å². The van der Waals surface area contributed by atoms with E-state index in [9.17, 15) is 9.59 Å². The molecule has 0 aliphatic rings. The first-order chi connectivity index (χ1) is 12.5. The van der Waals surface area contributed by atoms with Gasteiger partial charge in [0, 0.05) is 28.1 Å². The highest BCUT2D eigenvalue weighted by molar-refractivity contribution is 6.36. The molecule has 0 bridgehead atoms. The average molecular weight is 391 g/mol. The Morgan fingerprint density at radius 2 is 1.92 bits per heavy atom. The van der Waals surface area contributed by atoms with E-state index in [1.165, 1.54) is 12.1 Å². The quantitative estimate of drug-likeness (QED) is 0.422. The zero-order valence-electron chi connectivity index (χ0n) is 14.1. The summed E-state index contributed by atoms with van der Waals surface area (Å²) < 4.78 is 10.8. The lowest BCUT2D eigenvalue weighted by molar-refractivity contribution is 0.0921. The largest absolute Gasteiger partial charge is 0.485 e. The molecule has 0 saturated heterocycles. The lowest BCUT2D eigenvalue weighted by atomic mass is 10.1. The van der Waals surface area contributed by atoms with E-state index in [0.717, 1.165) is 23.8 Å². The average Bonchev–Trinajstić information content (AvgIpc) is 2.59. The highest BCUT2D eigenvalue weighted by Crippen LogP contribution is 2.25. The van der Waals surface area contributed by atoms with Gasteiger partial charge in [-0.15, -0.1) is 0 Å². The number of aryl methyl sites for hydroxylation is 1. The molecule has 0 saturated carbocycles. The molecule has 0 spiro atoms. The number of carbonyl (C=O) groups is 1. The van der Waals surface area contributed by atoms with Gasteiger partial charge in [-0.1, -0.05) is 36.5 Å². The Labute approximate surface area is 160 Å². The molecule has 2 aromatic carbocycles. The Morgan fingerprint density at radius 1 is 1.12 bits per heavy atom. The van der Waals surface area contributed by atoms with E-state index in [0.29, 0.717) is 21.9 Å². The third kappa shape index (κ3) is 4.09. The van der Waals surface area contributed by atoms with Crippen molar-refractivity contribution in [2.75, 3.05) is 6.61 Å². The van der Waals surface area contributed by atoms with Crippen LogP contribution in [0.15, 0.2) is 51.7 Å². The van der Waals surface area contributed by atoms with E-state index in [2.05, 4.69) is 0 Å². The molecule has 0 fully saturated rings. The van der Waals surface area contributed by atoms with Gasteiger partial charge in [0.1, 0.15) is 11.3 Å². The molecule has 0 aliphatic heterocycles. The predicted octanol–water partition coefficient (Wildman–Crippen LogP) is 5.31. The molecule has 1 aromatic heterocycles. The van der Waals surface area contributed by atoms with Crippen LogP contribution >= 0.6 is 23.2 Å². The lowest BCUT2D eigenvalue weighted by Gasteiger charge is -2.09. The maximum atomic E-state index is 12.3. The van der Waals surface area contributed by atoms with Crippen molar-refractivity contribution in [1.29, 1.82) is 0 Å². The zero-order chi connectivity index (χ0) is 18.7. The van der Waals surface area contributed by atoms with E-state index in [4.69, 9.17) is 32.4 Å². The van der Waals surface area contributed by atoms with Gasteiger partial charge in [0.2, 0.25) is 5.78 Å². The van der Waals surface area contributed by atoms with Gasteiger partial charge in [-0.2, -0.15) is 0 Å². The summed E-state index contributed by atoms with van der Waals surface area (Å²) in [6, 6.07) is 11.4. The van der Waals surface area contributed by atoms with Crippen molar-refractivity contribution in [3.63, 3.8) is 0 Å². The van der Waals surface area contributed by atoms with Crippen molar-refractivity contribution in [3.05, 3.63) is 74.1 Å². The number of carbonyl (C=O) groups excluding carboxylic acids is 1.